The minimum absolute atomic E-state index is 0.0850. The molecular formula is C8H5ClN2O2. The SMILES string of the molecule is Cc1cc(C(=O)O)c(Cl)nc1C#N. The van der Waals surface area contributed by atoms with E-state index in [9.17, 15) is 4.79 Å². The van der Waals surface area contributed by atoms with Crippen molar-refractivity contribution in [2.24, 2.45) is 0 Å². The first-order valence-electron chi connectivity index (χ1n) is 3.36. The molecule has 0 aromatic carbocycles. The second-order valence-electron chi connectivity index (χ2n) is 2.41. The van der Waals surface area contributed by atoms with E-state index in [1.165, 1.54) is 6.07 Å². The maximum atomic E-state index is 10.6. The van der Waals surface area contributed by atoms with Crippen LogP contribution in [0.4, 0.5) is 0 Å². The third-order valence-electron chi connectivity index (χ3n) is 1.50. The van der Waals surface area contributed by atoms with Crippen LogP contribution in [0.15, 0.2) is 6.07 Å². The van der Waals surface area contributed by atoms with Crippen molar-refractivity contribution < 1.29 is 9.90 Å². The highest BCUT2D eigenvalue weighted by Crippen LogP contribution is 2.16. The van der Waals surface area contributed by atoms with Crippen molar-refractivity contribution in [2.75, 3.05) is 0 Å². The van der Waals surface area contributed by atoms with E-state index >= 15 is 0 Å². The van der Waals surface area contributed by atoms with Crippen molar-refractivity contribution in [3.63, 3.8) is 0 Å². The second kappa shape index (κ2) is 3.42. The Hall–Kier alpha value is -1.60. The lowest BCUT2D eigenvalue weighted by atomic mass is 10.1. The molecule has 66 valence electrons. The molecule has 1 rings (SSSR count). The monoisotopic (exact) mass is 196 g/mol. The minimum atomic E-state index is -1.15. The van der Waals surface area contributed by atoms with Gasteiger partial charge < -0.3 is 5.11 Å². The first-order valence-corrected chi connectivity index (χ1v) is 3.74. The first-order chi connectivity index (χ1) is 6.06. The summed E-state index contributed by atoms with van der Waals surface area (Å²) in [6.45, 7) is 1.61. The largest absolute Gasteiger partial charge is 0.478 e. The molecular weight excluding hydrogens is 192 g/mol. The number of aromatic nitrogens is 1. The number of halogens is 1. The number of carboxylic acids is 1. The zero-order valence-electron chi connectivity index (χ0n) is 6.71. The molecule has 1 aromatic heterocycles. The summed E-state index contributed by atoms with van der Waals surface area (Å²) in [7, 11) is 0. The number of aromatic carboxylic acids is 1. The van der Waals surface area contributed by atoms with Crippen LogP contribution in [-0.2, 0) is 0 Å². The Bertz CT molecular complexity index is 409. The Morgan fingerprint density at radius 3 is 2.85 bits per heavy atom. The molecule has 0 aliphatic rings. The summed E-state index contributed by atoms with van der Waals surface area (Å²) in [6.07, 6.45) is 0. The lowest BCUT2D eigenvalue weighted by Crippen LogP contribution is -2.02. The van der Waals surface area contributed by atoms with E-state index < -0.39 is 5.97 Å². The van der Waals surface area contributed by atoms with Crippen molar-refractivity contribution in [2.45, 2.75) is 6.92 Å². The normalized spacial score (nSPS) is 9.31. The van der Waals surface area contributed by atoms with Gasteiger partial charge in [-0.15, -0.1) is 0 Å². The summed E-state index contributed by atoms with van der Waals surface area (Å²) in [6, 6.07) is 3.14. The lowest BCUT2D eigenvalue weighted by Gasteiger charge is -2.00. The van der Waals surface area contributed by atoms with Crippen molar-refractivity contribution in [1.82, 2.24) is 4.98 Å². The van der Waals surface area contributed by atoms with Crippen LogP contribution in [0.25, 0.3) is 0 Å². The highest BCUT2D eigenvalue weighted by molar-refractivity contribution is 6.32. The molecule has 0 saturated heterocycles. The molecule has 4 nitrogen and oxygen atoms in total. The first kappa shape index (κ1) is 9.49. The van der Waals surface area contributed by atoms with Crippen LogP contribution in [0.3, 0.4) is 0 Å². The summed E-state index contributed by atoms with van der Waals surface area (Å²) in [5.41, 5.74) is 0.567. The zero-order chi connectivity index (χ0) is 10.0. The summed E-state index contributed by atoms with van der Waals surface area (Å²) >= 11 is 5.53. The summed E-state index contributed by atoms with van der Waals surface area (Å²) in [4.78, 5) is 14.2. The number of hydrogen-bond donors (Lipinski definition) is 1. The summed E-state index contributed by atoms with van der Waals surface area (Å²) < 4.78 is 0. The van der Waals surface area contributed by atoms with Gasteiger partial charge in [0.1, 0.15) is 16.9 Å². The van der Waals surface area contributed by atoms with E-state index in [4.69, 9.17) is 22.0 Å². The number of aryl methyl sites for hydroxylation is 1. The molecule has 0 spiro atoms. The second-order valence-corrected chi connectivity index (χ2v) is 2.77. The molecule has 0 fully saturated rings. The number of nitrogens with zero attached hydrogens (tertiary/aromatic N) is 2. The Balaban J connectivity index is 3.39. The summed E-state index contributed by atoms with van der Waals surface area (Å²) in [5, 5.41) is 17.0. The van der Waals surface area contributed by atoms with Gasteiger partial charge >= 0.3 is 5.97 Å². The van der Waals surface area contributed by atoms with Gasteiger partial charge in [0.05, 0.1) is 5.56 Å². The highest BCUT2D eigenvalue weighted by Gasteiger charge is 2.12. The zero-order valence-corrected chi connectivity index (χ0v) is 7.46. The van der Waals surface area contributed by atoms with E-state index in [-0.39, 0.29) is 16.4 Å². The van der Waals surface area contributed by atoms with Gasteiger partial charge in [-0.3, -0.25) is 0 Å². The average Bonchev–Trinajstić information content (AvgIpc) is 2.07. The van der Waals surface area contributed by atoms with Crippen molar-refractivity contribution in [3.05, 3.63) is 28.0 Å². The van der Waals surface area contributed by atoms with Crippen LogP contribution in [0.1, 0.15) is 21.6 Å². The fraction of sp³-hybridized carbons (Fsp3) is 0.125. The number of hydrogen-bond acceptors (Lipinski definition) is 3. The van der Waals surface area contributed by atoms with Gasteiger partial charge in [0, 0.05) is 0 Å². The van der Waals surface area contributed by atoms with E-state index in [2.05, 4.69) is 4.98 Å². The molecule has 0 aliphatic heterocycles. The van der Waals surface area contributed by atoms with Crippen molar-refractivity contribution >= 4 is 17.6 Å². The van der Waals surface area contributed by atoms with E-state index in [1.54, 1.807) is 6.92 Å². The Morgan fingerprint density at radius 2 is 2.38 bits per heavy atom. The smallest absolute Gasteiger partial charge is 0.338 e. The number of carboxylic acid groups (broad SMARTS) is 1. The van der Waals surface area contributed by atoms with Crippen molar-refractivity contribution in [3.8, 4) is 6.07 Å². The average molecular weight is 197 g/mol. The van der Waals surface area contributed by atoms with Crippen LogP contribution in [0, 0.1) is 18.3 Å². The van der Waals surface area contributed by atoms with Gasteiger partial charge in [-0.2, -0.15) is 5.26 Å². The van der Waals surface area contributed by atoms with Crippen LogP contribution in [0.5, 0.6) is 0 Å². The van der Waals surface area contributed by atoms with Gasteiger partial charge in [-0.05, 0) is 18.6 Å². The predicted molar refractivity (Wildman–Crippen MR) is 45.7 cm³/mol. The lowest BCUT2D eigenvalue weighted by molar-refractivity contribution is 0.0696. The van der Waals surface area contributed by atoms with Gasteiger partial charge in [0.2, 0.25) is 0 Å². The maximum absolute atomic E-state index is 10.6. The Morgan fingerprint density at radius 1 is 1.77 bits per heavy atom. The van der Waals surface area contributed by atoms with E-state index in [1.807, 2.05) is 6.07 Å². The van der Waals surface area contributed by atoms with Gasteiger partial charge in [0.15, 0.2) is 0 Å². The molecule has 1 N–H and O–H groups in total. The minimum Gasteiger partial charge on any atom is -0.478 e. The fourth-order valence-corrected chi connectivity index (χ4v) is 1.07. The third-order valence-corrected chi connectivity index (χ3v) is 1.79. The molecule has 0 unspecified atom stereocenters. The number of carbonyl (C=O) groups is 1. The van der Waals surface area contributed by atoms with E-state index in [0.29, 0.717) is 5.56 Å². The Kier molecular flexibility index (Phi) is 2.49. The predicted octanol–water partition coefficient (Wildman–Crippen LogP) is 1.61. The summed E-state index contributed by atoms with van der Waals surface area (Å²) in [5.74, 6) is -1.15. The molecule has 0 amide bonds. The molecule has 0 radical (unpaired) electrons. The molecule has 1 aromatic rings. The molecule has 0 saturated carbocycles. The molecule has 0 aliphatic carbocycles. The molecule has 5 heteroatoms. The van der Waals surface area contributed by atoms with Crippen LogP contribution in [0.2, 0.25) is 5.15 Å². The third kappa shape index (κ3) is 1.76. The number of pyridine rings is 1. The van der Waals surface area contributed by atoms with Crippen LogP contribution in [-0.4, -0.2) is 16.1 Å². The quantitative estimate of drug-likeness (QED) is 0.693. The number of rotatable bonds is 1. The Labute approximate surface area is 79.4 Å². The standard InChI is InChI=1S/C8H5ClN2O2/c1-4-2-5(8(12)13)7(9)11-6(4)3-10/h2H,1H3,(H,12,13). The highest BCUT2D eigenvalue weighted by atomic mass is 35.5. The fourth-order valence-electron chi connectivity index (χ4n) is 0.854. The molecule has 1 heterocycles. The van der Waals surface area contributed by atoms with Gasteiger partial charge in [-0.25, -0.2) is 9.78 Å². The topological polar surface area (TPSA) is 74.0 Å². The van der Waals surface area contributed by atoms with Gasteiger partial charge in [0.25, 0.3) is 0 Å². The van der Waals surface area contributed by atoms with Crippen LogP contribution < -0.4 is 0 Å². The number of nitriles is 1. The van der Waals surface area contributed by atoms with Crippen LogP contribution >= 0.6 is 11.6 Å². The van der Waals surface area contributed by atoms with E-state index in [0.717, 1.165) is 0 Å². The molecule has 13 heavy (non-hydrogen) atoms. The van der Waals surface area contributed by atoms with Gasteiger partial charge in [-0.1, -0.05) is 11.6 Å². The maximum Gasteiger partial charge on any atom is 0.338 e. The van der Waals surface area contributed by atoms with Crippen molar-refractivity contribution in [1.29, 1.82) is 5.26 Å². The molecule has 0 atom stereocenters. The molecule has 0 bridgehead atoms.